The molecule has 0 aromatic heterocycles. The molecule has 1 aromatic carbocycles. The molecule has 0 saturated carbocycles. The van der Waals surface area contributed by atoms with Crippen LogP contribution < -0.4 is 10.1 Å². The molecule has 128 valence electrons. The number of hydrogen-bond acceptors (Lipinski definition) is 4. The minimum Gasteiger partial charge on any atom is -0.497 e. The standard InChI is InChI=1S/C18H27NO4/c1-7-10-18(4,17(21)23-6)19-16(20)13(3)15-9-8-14(22-5)11-12(15)2/h8-9,11,13H,7,10H2,1-6H3,(H,19,20). The molecule has 0 aliphatic heterocycles. The Balaban J connectivity index is 2.97. The molecule has 0 radical (unpaired) electrons. The fraction of sp³-hybridized carbons (Fsp3) is 0.556. The van der Waals surface area contributed by atoms with Gasteiger partial charge in [0.05, 0.1) is 20.1 Å². The van der Waals surface area contributed by atoms with Crippen molar-refractivity contribution in [3.63, 3.8) is 0 Å². The Morgan fingerprint density at radius 1 is 1.30 bits per heavy atom. The normalized spacial score (nSPS) is 14.5. The molecule has 23 heavy (non-hydrogen) atoms. The molecular formula is C18H27NO4. The lowest BCUT2D eigenvalue weighted by Gasteiger charge is -2.29. The Morgan fingerprint density at radius 3 is 2.43 bits per heavy atom. The maximum Gasteiger partial charge on any atom is 0.331 e. The first-order valence-electron chi connectivity index (χ1n) is 7.84. The minimum atomic E-state index is -1.00. The van der Waals surface area contributed by atoms with Crippen LogP contribution in [0, 0.1) is 6.92 Å². The van der Waals surface area contributed by atoms with Gasteiger partial charge in [-0.05, 0) is 50.5 Å². The van der Waals surface area contributed by atoms with Crippen molar-refractivity contribution in [3.05, 3.63) is 29.3 Å². The number of benzene rings is 1. The van der Waals surface area contributed by atoms with Crippen molar-refractivity contribution in [3.8, 4) is 5.75 Å². The molecule has 0 bridgehead atoms. The summed E-state index contributed by atoms with van der Waals surface area (Å²) in [4.78, 5) is 24.6. The predicted molar refractivity (Wildman–Crippen MR) is 89.6 cm³/mol. The second kappa shape index (κ2) is 7.99. The third kappa shape index (κ3) is 4.47. The second-order valence-corrected chi connectivity index (χ2v) is 6.01. The van der Waals surface area contributed by atoms with Crippen molar-refractivity contribution >= 4 is 11.9 Å². The molecule has 0 saturated heterocycles. The smallest absolute Gasteiger partial charge is 0.331 e. The number of nitrogens with one attached hydrogen (secondary N) is 1. The van der Waals surface area contributed by atoms with Gasteiger partial charge in [0.25, 0.3) is 0 Å². The first-order valence-corrected chi connectivity index (χ1v) is 7.84. The third-order valence-electron chi connectivity index (χ3n) is 4.12. The molecule has 0 fully saturated rings. The van der Waals surface area contributed by atoms with Crippen LogP contribution >= 0.6 is 0 Å². The fourth-order valence-electron chi connectivity index (χ4n) is 2.72. The van der Waals surface area contributed by atoms with E-state index in [9.17, 15) is 9.59 Å². The monoisotopic (exact) mass is 321 g/mol. The molecule has 0 heterocycles. The van der Waals surface area contributed by atoms with Crippen LogP contribution in [0.15, 0.2) is 18.2 Å². The number of esters is 1. The maximum atomic E-state index is 12.6. The first-order chi connectivity index (χ1) is 10.8. The average Bonchev–Trinajstić information content (AvgIpc) is 2.53. The van der Waals surface area contributed by atoms with Gasteiger partial charge in [-0.15, -0.1) is 0 Å². The number of ether oxygens (including phenoxy) is 2. The minimum absolute atomic E-state index is 0.195. The van der Waals surface area contributed by atoms with E-state index in [1.807, 2.05) is 39.0 Å². The van der Waals surface area contributed by atoms with Gasteiger partial charge in [0, 0.05) is 0 Å². The Kier molecular flexibility index (Phi) is 6.61. The van der Waals surface area contributed by atoms with E-state index < -0.39 is 11.5 Å². The summed E-state index contributed by atoms with van der Waals surface area (Å²) >= 11 is 0. The van der Waals surface area contributed by atoms with E-state index in [1.54, 1.807) is 14.0 Å². The second-order valence-electron chi connectivity index (χ2n) is 6.01. The van der Waals surface area contributed by atoms with Crippen LogP contribution in [-0.4, -0.2) is 31.6 Å². The van der Waals surface area contributed by atoms with Crippen molar-refractivity contribution in [1.82, 2.24) is 5.32 Å². The third-order valence-corrected chi connectivity index (χ3v) is 4.12. The van der Waals surface area contributed by atoms with Crippen molar-refractivity contribution < 1.29 is 19.1 Å². The van der Waals surface area contributed by atoms with Crippen molar-refractivity contribution in [2.75, 3.05) is 14.2 Å². The van der Waals surface area contributed by atoms with Gasteiger partial charge >= 0.3 is 5.97 Å². The van der Waals surface area contributed by atoms with E-state index in [4.69, 9.17) is 9.47 Å². The molecule has 0 aliphatic rings. The Hall–Kier alpha value is -2.04. The van der Waals surface area contributed by atoms with Crippen LogP contribution in [0.1, 0.15) is 50.7 Å². The number of aryl methyl sites for hydroxylation is 1. The van der Waals surface area contributed by atoms with Crippen LogP contribution in [-0.2, 0) is 14.3 Å². The number of rotatable bonds is 7. The summed E-state index contributed by atoms with van der Waals surface area (Å²) in [7, 11) is 2.94. The molecule has 0 spiro atoms. The lowest BCUT2D eigenvalue weighted by atomic mass is 9.91. The Morgan fingerprint density at radius 2 is 1.96 bits per heavy atom. The highest BCUT2D eigenvalue weighted by Gasteiger charge is 2.36. The molecule has 1 aromatic rings. The topological polar surface area (TPSA) is 64.6 Å². The summed E-state index contributed by atoms with van der Waals surface area (Å²) in [6.07, 6.45) is 1.29. The van der Waals surface area contributed by atoms with Crippen LogP contribution in [0.5, 0.6) is 5.75 Å². The van der Waals surface area contributed by atoms with E-state index in [0.29, 0.717) is 6.42 Å². The lowest BCUT2D eigenvalue weighted by molar-refractivity contribution is -0.150. The van der Waals surface area contributed by atoms with E-state index in [2.05, 4.69) is 5.32 Å². The van der Waals surface area contributed by atoms with Gasteiger partial charge in [-0.25, -0.2) is 4.79 Å². The largest absolute Gasteiger partial charge is 0.497 e. The number of hydrogen-bond donors (Lipinski definition) is 1. The van der Waals surface area contributed by atoms with Gasteiger partial charge in [0.2, 0.25) is 5.91 Å². The lowest BCUT2D eigenvalue weighted by Crippen LogP contribution is -2.53. The van der Waals surface area contributed by atoms with E-state index in [1.165, 1.54) is 7.11 Å². The molecule has 5 nitrogen and oxygen atoms in total. The SMILES string of the molecule is CCCC(C)(NC(=O)C(C)c1ccc(OC)cc1C)C(=O)OC. The predicted octanol–water partition coefficient (Wildman–Crippen LogP) is 2.96. The molecule has 1 amide bonds. The number of carbonyl (C=O) groups is 2. The average molecular weight is 321 g/mol. The van der Waals surface area contributed by atoms with E-state index in [0.717, 1.165) is 23.3 Å². The Bertz CT molecular complexity index is 570. The summed E-state index contributed by atoms with van der Waals surface area (Å²) in [6, 6.07) is 5.61. The molecule has 1 rings (SSSR count). The highest BCUT2D eigenvalue weighted by molar-refractivity contribution is 5.90. The number of carbonyl (C=O) groups excluding carboxylic acids is 2. The van der Waals surface area contributed by atoms with Crippen LogP contribution in [0.4, 0.5) is 0 Å². The number of methoxy groups -OCH3 is 2. The van der Waals surface area contributed by atoms with Crippen molar-refractivity contribution in [2.24, 2.45) is 0 Å². The van der Waals surface area contributed by atoms with Gasteiger partial charge in [0.15, 0.2) is 0 Å². The molecule has 2 unspecified atom stereocenters. The molecular weight excluding hydrogens is 294 g/mol. The van der Waals surface area contributed by atoms with Crippen molar-refractivity contribution in [1.29, 1.82) is 0 Å². The zero-order valence-corrected chi connectivity index (χ0v) is 14.9. The summed E-state index contributed by atoms with van der Waals surface area (Å²) < 4.78 is 10.0. The van der Waals surface area contributed by atoms with Crippen molar-refractivity contribution in [2.45, 2.75) is 52.0 Å². The summed E-state index contributed by atoms with van der Waals surface area (Å²) in [5.41, 5.74) is 0.879. The highest BCUT2D eigenvalue weighted by Crippen LogP contribution is 2.25. The van der Waals surface area contributed by atoms with Gasteiger partial charge in [-0.3, -0.25) is 4.79 Å². The Labute approximate surface area is 138 Å². The molecule has 0 aliphatic carbocycles. The molecule has 1 N–H and O–H groups in total. The summed E-state index contributed by atoms with van der Waals surface area (Å²) in [6.45, 7) is 7.43. The summed E-state index contributed by atoms with van der Waals surface area (Å²) in [5.74, 6) is -0.239. The van der Waals surface area contributed by atoms with Gasteiger partial charge in [-0.1, -0.05) is 19.4 Å². The van der Waals surface area contributed by atoms with Gasteiger partial charge in [0.1, 0.15) is 11.3 Å². The molecule has 2 atom stereocenters. The number of amides is 1. The van der Waals surface area contributed by atoms with Gasteiger partial charge in [-0.2, -0.15) is 0 Å². The van der Waals surface area contributed by atoms with Crippen LogP contribution in [0.3, 0.4) is 0 Å². The first kappa shape index (κ1) is 19.0. The van der Waals surface area contributed by atoms with E-state index in [-0.39, 0.29) is 11.8 Å². The maximum absolute atomic E-state index is 12.6. The van der Waals surface area contributed by atoms with E-state index >= 15 is 0 Å². The fourth-order valence-corrected chi connectivity index (χ4v) is 2.72. The van der Waals surface area contributed by atoms with Gasteiger partial charge < -0.3 is 14.8 Å². The summed E-state index contributed by atoms with van der Waals surface area (Å²) in [5, 5.41) is 2.85. The highest BCUT2D eigenvalue weighted by atomic mass is 16.5. The quantitative estimate of drug-likeness (QED) is 0.784. The molecule has 5 heteroatoms. The van der Waals surface area contributed by atoms with Crippen LogP contribution in [0.2, 0.25) is 0 Å². The zero-order valence-electron chi connectivity index (χ0n) is 14.9. The zero-order chi connectivity index (χ0) is 17.6. The van der Waals surface area contributed by atoms with Crippen LogP contribution in [0.25, 0.3) is 0 Å².